The molecule has 0 spiro atoms. The molecule has 1 aromatic rings. The second-order valence-electron chi connectivity index (χ2n) is 4.71. The molecular weight excluding hydrogens is 248 g/mol. The Morgan fingerprint density at radius 1 is 1.53 bits per heavy atom. The summed E-state index contributed by atoms with van der Waals surface area (Å²) in [5.74, 6) is -1.05. The number of rotatable bonds is 5. The molecule has 1 rings (SSSR count). The van der Waals surface area contributed by atoms with Crippen LogP contribution < -0.4 is 10.6 Å². The fourth-order valence-corrected chi connectivity index (χ4v) is 1.59. The van der Waals surface area contributed by atoms with E-state index in [1.165, 1.54) is 6.92 Å². The molecule has 0 saturated carbocycles. The van der Waals surface area contributed by atoms with E-state index in [-0.39, 0.29) is 0 Å². The number of carboxylic acids is 1. The predicted molar refractivity (Wildman–Crippen MR) is 69.6 cm³/mol. The fourth-order valence-electron chi connectivity index (χ4n) is 1.59. The Kier molecular flexibility index (Phi) is 4.52. The quantitative estimate of drug-likeness (QED) is 0.735. The fraction of sp³-hybridized carbons (Fsp3) is 0.583. The van der Waals surface area contributed by atoms with Crippen molar-refractivity contribution in [1.82, 2.24) is 20.4 Å². The summed E-state index contributed by atoms with van der Waals surface area (Å²) in [4.78, 5) is 22.8. The average molecular weight is 268 g/mol. The maximum atomic E-state index is 11.7. The smallest absolute Gasteiger partial charge is 0.329 e. The second kappa shape index (κ2) is 5.73. The minimum absolute atomic E-state index is 0.307. The van der Waals surface area contributed by atoms with Gasteiger partial charge in [0.05, 0.1) is 5.69 Å². The largest absolute Gasteiger partial charge is 0.480 e. The first-order valence-corrected chi connectivity index (χ1v) is 6.07. The maximum Gasteiger partial charge on any atom is 0.329 e. The van der Waals surface area contributed by atoms with Crippen LogP contribution >= 0.6 is 0 Å². The van der Waals surface area contributed by atoms with E-state index in [1.807, 2.05) is 13.1 Å². The van der Waals surface area contributed by atoms with Gasteiger partial charge in [-0.15, -0.1) is 0 Å². The number of aryl methyl sites for hydroxylation is 2. The van der Waals surface area contributed by atoms with Crippen LogP contribution in [0, 0.1) is 6.92 Å². The molecule has 1 atom stereocenters. The Morgan fingerprint density at radius 2 is 2.16 bits per heavy atom. The van der Waals surface area contributed by atoms with Crippen molar-refractivity contribution in [2.75, 3.05) is 0 Å². The Balaban J connectivity index is 2.57. The number of carbonyl (C=O) groups excluding carboxylic acids is 1. The van der Waals surface area contributed by atoms with Crippen LogP contribution in [-0.4, -0.2) is 32.4 Å². The summed E-state index contributed by atoms with van der Waals surface area (Å²) in [5.41, 5.74) is 0.471. The van der Waals surface area contributed by atoms with Gasteiger partial charge in [-0.05, 0) is 20.3 Å². The molecule has 2 amide bonds. The van der Waals surface area contributed by atoms with Gasteiger partial charge in [0, 0.05) is 25.4 Å². The topological polar surface area (TPSA) is 96.3 Å². The summed E-state index contributed by atoms with van der Waals surface area (Å²) in [6.45, 7) is 5.34. The number of nitrogens with zero attached hydrogens (tertiary/aromatic N) is 2. The lowest BCUT2D eigenvalue weighted by atomic mass is 10.00. The van der Waals surface area contributed by atoms with E-state index in [1.54, 1.807) is 18.7 Å². The average Bonchev–Trinajstić information content (AvgIpc) is 2.64. The lowest BCUT2D eigenvalue weighted by Gasteiger charge is -2.24. The minimum Gasteiger partial charge on any atom is -0.480 e. The van der Waals surface area contributed by atoms with E-state index >= 15 is 0 Å². The molecule has 3 N–H and O–H groups in total. The van der Waals surface area contributed by atoms with E-state index in [2.05, 4.69) is 15.7 Å². The molecule has 1 aromatic heterocycles. The first-order valence-electron chi connectivity index (χ1n) is 6.07. The molecule has 106 valence electrons. The van der Waals surface area contributed by atoms with E-state index in [4.69, 9.17) is 5.11 Å². The van der Waals surface area contributed by atoms with Crippen LogP contribution in [0.25, 0.3) is 0 Å². The van der Waals surface area contributed by atoms with Gasteiger partial charge in [0.1, 0.15) is 5.54 Å². The molecule has 0 radical (unpaired) electrons. The van der Waals surface area contributed by atoms with Crippen molar-refractivity contribution in [2.24, 2.45) is 7.05 Å². The van der Waals surface area contributed by atoms with Gasteiger partial charge in [0.2, 0.25) is 0 Å². The zero-order valence-corrected chi connectivity index (χ0v) is 11.6. The third-order valence-electron chi connectivity index (χ3n) is 3.12. The summed E-state index contributed by atoms with van der Waals surface area (Å²) in [6.07, 6.45) is 2.12. The predicted octanol–water partition coefficient (Wildman–Crippen LogP) is 0.781. The van der Waals surface area contributed by atoms with Crippen LogP contribution in [0.4, 0.5) is 4.79 Å². The first-order chi connectivity index (χ1) is 8.78. The molecule has 0 fully saturated rings. The molecule has 1 unspecified atom stereocenters. The van der Waals surface area contributed by atoms with Crippen molar-refractivity contribution in [3.05, 3.63) is 17.5 Å². The number of aromatic nitrogens is 2. The van der Waals surface area contributed by atoms with Gasteiger partial charge in [0.25, 0.3) is 0 Å². The summed E-state index contributed by atoms with van der Waals surface area (Å²) >= 11 is 0. The normalized spacial score (nSPS) is 13.7. The Bertz CT molecular complexity index is 483. The van der Waals surface area contributed by atoms with Crippen LogP contribution in [0.1, 0.15) is 31.5 Å². The zero-order valence-electron chi connectivity index (χ0n) is 11.6. The molecule has 1 heterocycles. The maximum absolute atomic E-state index is 11.7. The van der Waals surface area contributed by atoms with Crippen LogP contribution in [0.3, 0.4) is 0 Å². The summed E-state index contributed by atoms with van der Waals surface area (Å²) in [6, 6.07) is -0.505. The molecule has 0 aliphatic carbocycles. The van der Waals surface area contributed by atoms with Crippen molar-refractivity contribution >= 4 is 12.0 Å². The highest BCUT2D eigenvalue weighted by molar-refractivity contribution is 5.85. The number of aliphatic carboxylic acids is 1. The van der Waals surface area contributed by atoms with Crippen molar-refractivity contribution in [3.8, 4) is 0 Å². The highest BCUT2D eigenvalue weighted by atomic mass is 16.4. The SMILES string of the molecule is CCC(C)(NC(=O)NCc1cn(C)nc1C)C(=O)O. The van der Waals surface area contributed by atoms with Crippen molar-refractivity contribution in [3.63, 3.8) is 0 Å². The van der Waals surface area contributed by atoms with Gasteiger partial charge >= 0.3 is 12.0 Å². The van der Waals surface area contributed by atoms with Gasteiger partial charge in [-0.1, -0.05) is 6.92 Å². The number of urea groups is 1. The third kappa shape index (κ3) is 3.70. The molecule has 0 aromatic carbocycles. The molecular formula is C12H20N4O3. The van der Waals surface area contributed by atoms with Crippen molar-refractivity contribution in [1.29, 1.82) is 0 Å². The van der Waals surface area contributed by atoms with Crippen LogP contribution in [-0.2, 0) is 18.4 Å². The standard InChI is InChI=1S/C12H20N4O3/c1-5-12(3,10(17)18)14-11(19)13-6-9-7-16(4)15-8(9)2/h7H,5-6H2,1-4H3,(H,17,18)(H2,13,14,19). The summed E-state index contributed by atoms with van der Waals surface area (Å²) in [7, 11) is 1.80. The van der Waals surface area contributed by atoms with Crippen molar-refractivity contribution in [2.45, 2.75) is 39.3 Å². The van der Waals surface area contributed by atoms with E-state index in [0.717, 1.165) is 11.3 Å². The van der Waals surface area contributed by atoms with E-state index < -0.39 is 17.5 Å². The number of carboxylic acid groups (broad SMARTS) is 1. The molecule has 0 saturated heterocycles. The van der Waals surface area contributed by atoms with Gasteiger partial charge in [-0.2, -0.15) is 5.10 Å². The number of carbonyl (C=O) groups is 2. The second-order valence-corrected chi connectivity index (χ2v) is 4.71. The monoisotopic (exact) mass is 268 g/mol. The molecule has 7 heteroatoms. The third-order valence-corrected chi connectivity index (χ3v) is 3.12. The number of amides is 2. The van der Waals surface area contributed by atoms with Gasteiger partial charge < -0.3 is 15.7 Å². The van der Waals surface area contributed by atoms with Crippen LogP contribution in [0.5, 0.6) is 0 Å². The Labute approximate surface area is 112 Å². The molecule has 7 nitrogen and oxygen atoms in total. The number of nitrogens with one attached hydrogen (secondary N) is 2. The minimum atomic E-state index is -1.26. The summed E-state index contributed by atoms with van der Waals surface area (Å²) < 4.78 is 1.66. The Morgan fingerprint density at radius 3 is 2.58 bits per heavy atom. The van der Waals surface area contributed by atoms with E-state index in [9.17, 15) is 9.59 Å². The molecule has 0 aliphatic heterocycles. The number of hydrogen-bond donors (Lipinski definition) is 3. The van der Waals surface area contributed by atoms with Gasteiger partial charge in [-0.3, -0.25) is 4.68 Å². The summed E-state index contributed by atoms with van der Waals surface area (Å²) in [5, 5.41) is 18.3. The molecule has 19 heavy (non-hydrogen) atoms. The first kappa shape index (κ1) is 15.0. The lowest BCUT2D eigenvalue weighted by Crippen LogP contribution is -2.54. The van der Waals surface area contributed by atoms with Crippen LogP contribution in [0.2, 0.25) is 0 Å². The van der Waals surface area contributed by atoms with Gasteiger partial charge in [-0.25, -0.2) is 9.59 Å². The highest BCUT2D eigenvalue weighted by Crippen LogP contribution is 2.09. The molecule has 0 aliphatic rings. The number of hydrogen-bond acceptors (Lipinski definition) is 3. The Hall–Kier alpha value is -2.05. The van der Waals surface area contributed by atoms with E-state index in [0.29, 0.717) is 13.0 Å². The van der Waals surface area contributed by atoms with Crippen LogP contribution in [0.15, 0.2) is 6.20 Å². The zero-order chi connectivity index (χ0) is 14.6. The highest BCUT2D eigenvalue weighted by Gasteiger charge is 2.32. The lowest BCUT2D eigenvalue weighted by molar-refractivity contribution is -0.143. The molecule has 0 bridgehead atoms. The van der Waals surface area contributed by atoms with Crippen molar-refractivity contribution < 1.29 is 14.7 Å². The van der Waals surface area contributed by atoms with Gasteiger partial charge in [0.15, 0.2) is 0 Å².